The second-order valence-electron chi connectivity index (χ2n) is 5.78. The van der Waals surface area contributed by atoms with Gasteiger partial charge in [-0.05, 0) is 46.7 Å². The number of carbonyl (C=O) groups is 2. The number of aromatic nitrogens is 1. The number of esters is 1. The molecule has 0 radical (unpaired) electrons. The van der Waals surface area contributed by atoms with Crippen LogP contribution in [0.5, 0.6) is 0 Å². The molecular formula is C20H18N2O3S. The summed E-state index contributed by atoms with van der Waals surface area (Å²) in [5.41, 5.74) is 4.17. The predicted octanol–water partition coefficient (Wildman–Crippen LogP) is 4.09. The van der Waals surface area contributed by atoms with E-state index in [0.29, 0.717) is 10.6 Å². The van der Waals surface area contributed by atoms with Crippen LogP contribution in [0.1, 0.15) is 21.5 Å². The third-order valence-electron chi connectivity index (χ3n) is 3.92. The number of hydrogen-bond donors (Lipinski definition) is 1. The monoisotopic (exact) mass is 366 g/mol. The average Bonchev–Trinajstić information content (AvgIpc) is 3.02. The first-order chi connectivity index (χ1) is 12.6. The van der Waals surface area contributed by atoms with Gasteiger partial charge < -0.3 is 10.1 Å². The molecule has 0 fully saturated rings. The molecule has 0 bridgehead atoms. The van der Waals surface area contributed by atoms with E-state index in [4.69, 9.17) is 4.74 Å². The Morgan fingerprint density at radius 1 is 1.15 bits per heavy atom. The molecular weight excluding hydrogens is 348 g/mol. The number of carbonyl (C=O) groups excluding carboxylic acids is 2. The smallest absolute Gasteiger partial charge is 0.341 e. The molecule has 6 heteroatoms. The van der Waals surface area contributed by atoms with Crippen molar-refractivity contribution >= 4 is 28.2 Å². The lowest BCUT2D eigenvalue weighted by molar-refractivity contribution is -0.115. The maximum Gasteiger partial charge on any atom is 0.341 e. The van der Waals surface area contributed by atoms with Gasteiger partial charge in [-0.25, -0.2) is 4.79 Å². The summed E-state index contributed by atoms with van der Waals surface area (Å²) in [5, 5.41) is 5.17. The Hall–Kier alpha value is -2.99. The molecule has 0 aliphatic carbocycles. The largest absolute Gasteiger partial charge is 0.465 e. The highest BCUT2D eigenvalue weighted by Gasteiger charge is 2.19. The first-order valence-corrected chi connectivity index (χ1v) is 8.92. The molecule has 1 aromatic carbocycles. The molecule has 2 heterocycles. The van der Waals surface area contributed by atoms with Gasteiger partial charge >= 0.3 is 5.97 Å². The van der Waals surface area contributed by atoms with Gasteiger partial charge in [-0.15, -0.1) is 11.3 Å². The van der Waals surface area contributed by atoms with Crippen molar-refractivity contribution in [1.29, 1.82) is 0 Å². The van der Waals surface area contributed by atoms with E-state index in [-0.39, 0.29) is 12.3 Å². The van der Waals surface area contributed by atoms with E-state index in [1.165, 1.54) is 18.4 Å². The van der Waals surface area contributed by atoms with E-state index in [2.05, 4.69) is 10.3 Å². The lowest BCUT2D eigenvalue weighted by Crippen LogP contribution is -2.16. The molecule has 0 aliphatic rings. The molecule has 5 nitrogen and oxygen atoms in total. The Morgan fingerprint density at radius 3 is 2.65 bits per heavy atom. The zero-order chi connectivity index (χ0) is 18.5. The van der Waals surface area contributed by atoms with E-state index in [9.17, 15) is 9.59 Å². The number of methoxy groups -OCH3 is 1. The average molecular weight is 366 g/mol. The van der Waals surface area contributed by atoms with Crippen LogP contribution >= 0.6 is 11.3 Å². The van der Waals surface area contributed by atoms with Crippen molar-refractivity contribution in [3.05, 3.63) is 70.9 Å². The van der Waals surface area contributed by atoms with Crippen LogP contribution in [0.4, 0.5) is 5.00 Å². The third kappa shape index (κ3) is 3.97. The van der Waals surface area contributed by atoms with Gasteiger partial charge in [0, 0.05) is 12.4 Å². The van der Waals surface area contributed by atoms with Gasteiger partial charge in [-0.2, -0.15) is 0 Å². The number of rotatable bonds is 5. The van der Waals surface area contributed by atoms with Crippen LogP contribution in [-0.2, 0) is 16.0 Å². The highest BCUT2D eigenvalue weighted by Crippen LogP contribution is 2.28. The number of nitrogens with zero attached hydrogens (tertiary/aromatic N) is 1. The molecule has 0 aliphatic heterocycles. The fourth-order valence-corrected chi connectivity index (χ4v) is 3.60. The fourth-order valence-electron chi connectivity index (χ4n) is 2.65. The summed E-state index contributed by atoms with van der Waals surface area (Å²) in [6.45, 7) is 1.82. The molecule has 3 rings (SSSR count). The van der Waals surface area contributed by atoms with Crippen LogP contribution in [-0.4, -0.2) is 24.0 Å². The van der Waals surface area contributed by atoms with Gasteiger partial charge in [0.05, 0.1) is 19.1 Å². The summed E-state index contributed by atoms with van der Waals surface area (Å²) in [7, 11) is 1.33. The zero-order valence-electron chi connectivity index (χ0n) is 14.5. The van der Waals surface area contributed by atoms with Crippen LogP contribution < -0.4 is 5.32 Å². The van der Waals surface area contributed by atoms with Crippen LogP contribution in [0.3, 0.4) is 0 Å². The second kappa shape index (κ2) is 7.93. The highest BCUT2D eigenvalue weighted by atomic mass is 32.1. The van der Waals surface area contributed by atoms with Crippen LogP contribution in [0.15, 0.2) is 54.2 Å². The molecule has 0 unspecified atom stereocenters. The van der Waals surface area contributed by atoms with Crippen molar-refractivity contribution in [1.82, 2.24) is 4.98 Å². The van der Waals surface area contributed by atoms with E-state index in [1.54, 1.807) is 12.4 Å². The third-order valence-corrected chi connectivity index (χ3v) is 4.94. The van der Waals surface area contributed by atoms with Crippen molar-refractivity contribution in [2.75, 3.05) is 12.4 Å². The minimum atomic E-state index is -0.446. The van der Waals surface area contributed by atoms with Crippen molar-refractivity contribution in [3.63, 3.8) is 0 Å². The highest BCUT2D eigenvalue weighted by molar-refractivity contribution is 7.15. The number of thiophene rings is 1. The Morgan fingerprint density at radius 2 is 1.92 bits per heavy atom. The summed E-state index contributed by atoms with van der Waals surface area (Å²) in [5.74, 6) is -0.623. The second-order valence-corrected chi connectivity index (χ2v) is 6.66. The number of ether oxygens (including phenoxy) is 1. The van der Waals surface area contributed by atoms with E-state index in [0.717, 1.165) is 22.3 Å². The van der Waals surface area contributed by atoms with Crippen molar-refractivity contribution < 1.29 is 14.3 Å². The van der Waals surface area contributed by atoms with Crippen LogP contribution in [0.2, 0.25) is 0 Å². The minimum absolute atomic E-state index is 0.177. The Kier molecular flexibility index (Phi) is 5.43. The Balaban J connectivity index is 1.75. The summed E-state index contributed by atoms with van der Waals surface area (Å²) in [6, 6.07) is 11.7. The van der Waals surface area contributed by atoms with Gasteiger partial charge in [0.2, 0.25) is 5.91 Å². The van der Waals surface area contributed by atoms with Gasteiger partial charge in [-0.3, -0.25) is 9.78 Å². The van der Waals surface area contributed by atoms with Crippen molar-refractivity contribution in [2.24, 2.45) is 0 Å². The quantitative estimate of drug-likeness (QED) is 0.691. The standard InChI is InChI=1S/C20H18N2O3S/c1-13-12-26-19(18(13)20(24)25-2)22-17(23)11-14-4-3-5-16(10-14)15-6-8-21-9-7-15/h3-10,12H,11H2,1-2H3,(H,22,23). The fraction of sp³-hybridized carbons (Fsp3) is 0.150. The Bertz CT molecular complexity index is 935. The predicted molar refractivity (Wildman–Crippen MR) is 102 cm³/mol. The topological polar surface area (TPSA) is 68.3 Å². The normalized spacial score (nSPS) is 10.4. The molecule has 0 saturated heterocycles. The molecule has 0 spiro atoms. The number of hydrogen-bond acceptors (Lipinski definition) is 5. The summed E-state index contributed by atoms with van der Waals surface area (Å²) in [6.07, 6.45) is 3.70. The van der Waals surface area contributed by atoms with Gasteiger partial charge in [0.1, 0.15) is 5.00 Å². The lowest BCUT2D eigenvalue weighted by atomic mass is 10.0. The zero-order valence-corrected chi connectivity index (χ0v) is 15.3. The number of benzene rings is 1. The summed E-state index contributed by atoms with van der Waals surface area (Å²) in [4.78, 5) is 28.3. The first-order valence-electron chi connectivity index (χ1n) is 8.04. The SMILES string of the molecule is COC(=O)c1c(C)csc1NC(=O)Cc1cccc(-c2ccncc2)c1. The first kappa shape index (κ1) is 17.8. The van der Waals surface area contributed by atoms with E-state index < -0.39 is 5.97 Å². The molecule has 1 amide bonds. The summed E-state index contributed by atoms with van der Waals surface area (Å²) >= 11 is 1.32. The van der Waals surface area contributed by atoms with Gasteiger partial charge in [0.25, 0.3) is 0 Å². The van der Waals surface area contributed by atoms with Crippen LogP contribution in [0.25, 0.3) is 11.1 Å². The van der Waals surface area contributed by atoms with Crippen molar-refractivity contribution in [3.8, 4) is 11.1 Å². The number of anilines is 1. The molecule has 26 heavy (non-hydrogen) atoms. The number of aryl methyl sites for hydroxylation is 1. The molecule has 2 aromatic heterocycles. The van der Waals surface area contributed by atoms with Gasteiger partial charge in [0.15, 0.2) is 0 Å². The number of amides is 1. The molecule has 1 N–H and O–H groups in total. The maximum atomic E-state index is 12.4. The molecule has 3 aromatic rings. The maximum absolute atomic E-state index is 12.4. The molecule has 0 atom stereocenters. The molecule has 132 valence electrons. The Labute approximate surface area is 155 Å². The van der Waals surface area contributed by atoms with E-state index in [1.807, 2.05) is 48.7 Å². The van der Waals surface area contributed by atoms with Crippen LogP contribution in [0, 0.1) is 6.92 Å². The number of nitrogens with one attached hydrogen (secondary N) is 1. The molecule has 0 saturated carbocycles. The summed E-state index contributed by atoms with van der Waals surface area (Å²) < 4.78 is 4.79. The number of pyridine rings is 1. The van der Waals surface area contributed by atoms with Crippen molar-refractivity contribution in [2.45, 2.75) is 13.3 Å². The van der Waals surface area contributed by atoms with Gasteiger partial charge in [-0.1, -0.05) is 24.3 Å². The van der Waals surface area contributed by atoms with E-state index >= 15 is 0 Å². The minimum Gasteiger partial charge on any atom is -0.465 e. The lowest BCUT2D eigenvalue weighted by Gasteiger charge is -2.08.